The van der Waals surface area contributed by atoms with Gasteiger partial charge < -0.3 is 4.84 Å². The predicted molar refractivity (Wildman–Crippen MR) is 63.7 cm³/mol. The molecule has 0 radical (unpaired) electrons. The monoisotopic (exact) mass is 343 g/mol. The summed E-state index contributed by atoms with van der Waals surface area (Å²) in [5.41, 5.74) is -2.38. The quantitative estimate of drug-likeness (QED) is 0.621. The van der Waals surface area contributed by atoms with Crippen LogP contribution in [0.2, 0.25) is 10.3 Å². The molecule has 112 valence electrons. The van der Waals surface area contributed by atoms with Gasteiger partial charge in [0.1, 0.15) is 5.02 Å². The highest BCUT2D eigenvalue weighted by molar-refractivity contribution is 6.30. The molecule has 0 amide bonds. The average molecular weight is 344 g/mol. The fraction of sp³-hybridized carbons (Fsp3) is 0.100. The largest absolute Gasteiger partial charge is 0.418 e. The molecule has 2 aromatic heterocycles. The van der Waals surface area contributed by atoms with Crippen molar-refractivity contribution in [3.05, 3.63) is 50.5 Å². The van der Waals surface area contributed by atoms with Crippen molar-refractivity contribution in [2.45, 2.75) is 6.18 Å². The molecular weight excluding hydrogens is 341 g/mol. The molecular formula is C10H3Cl2F4N3O2. The van der Waals surface area contributed by atoms with Crippen LogP contribution in [0.5, 0.6) is 5.88 Å². The first kappa shape index (κ1) is 15.5. The number of aromatic nitrogens is 3. The highest BCUT2D eigenvalue weighted by Crippen LogP contribution is 2.29. The van der Waals surface area contributed by atoms with Gasteiger partial charge in [0.15, 0.2) is 0 Å². The lowest BCUT2D eigenvalue weighted by atomic mass is 10.3. The molecule has 0 N–H and O–H groups in total. The lowest BCUT2D eigenvalue weighted by Crippen LogP contribution is -2.27. The van der Waals surface area contributed by atoms with E-state index in [0.717, 1.165) is 0 Å². The van der Waals surface area contributed by atoms with Gasteiger partial charge in [0.2, 0.25) is 11.1 Å². The van der Waals surface area contributed by atoms with Crippen LogP contribution in [0, 0.1) is 5.82 Å². The molecule has 0 saturated heterocycles. The second-order valence-electron chi connectivity index (χ2n) is 3.59. The molecule has 5 nitrogen and oxygen atoms in total. The van der Waals surface area contributed by atoms with Crippen LogP contribution in [-0.4, -0.2) is 14.7 Å². The Balaban J connectivity index is 2.51. The highest BCUT2D eigenvalue weighted by atomic mass is 35.5. The van der Waals surface area contributed by atoms with Crippen molar-refractivity contribution >= 4 is 23.2 Å². The molecule has 0 aliphatic heterocycles. The van der Waals surface area contributed by atoms with E-state index < -0.39 is 39.3 Å². The molecule has 0 aromatic carbocycles. The molecule has 2 aromatic rings. The van der Waals surface area contributed by atoms with Gasteiger partial charge in [-0.1, -0.05) is 11.6 Å². The zero-order chi connectivity index (χ0) is 15.8. The third kappa shape index (κ3) is 3.42. The molecule has 11 heteroatoms. The Kier molecular flexibility index (Phi) is 4.06. The molecule has 0 bridgehead atoms. The van der Waals surface area contributed by atoms with E-state index in [-0.39, 0.29) is 4.73 Å². The minimum absolute atomic E-state index is 0.104. The number of alkyl halides is 3. The second kappa shape index (κ2) is 5.49. The fourth-order valence-electron chi connectivity index (χ4n) is 1.24. The van der Waals surface area contributed by atoms with Crippen LogP contribution in [-0.2, 0) is 6.18 Å². The van der Waals surface area contributed by atoms with Crippen LogP contribution in [0.15, 0.2) is 23.3 Å². The van der Waals surface area contributed by atoms with Crippen molar-refractivity contribution in [2.75, 3.05) is 0 Å². The van der Waals surface area contributed by atoms with E-state index in [4.69, 9.17) is 23.2 Å². The van der Waals surface area contributed by atoms with Gasteiger partial charge in [-0.2, -0.15) is 22.5 Å². The van der Waals surface area contributed by atoms with E-state index in [0.29, 0.717) is 18.5 Å². The summed E-state index contributed by atoms with van der Waals surface area (Å²) in [5.74, 6) is -1.95. The van der Waals surface area contributed by atoms with Gasteiger partial charge in [0.05, 0.1) is 18.0 Å². The van der Waals surface area contributed by atoms with Gasteiger partial charge in [-0.15, -0.1) is 4.73 Å². The summed E-state index contributed by atoms with van der Waals surface area (Å²) in [5, 5.41) is -1.18. The summed E-state index contributed by atoms with van der Waals surface area (Å²) in [4.78, 5) is 22.8. The van der Waals surface area contributed by atoms with Crippen molar-refractivity contribution in [3.8, 4) is 5.88 Å². The molecule has 0 unspecified atom stereocenters. The van der Waals surface area contributed by atoms with E-state index in [9.17, 15) is 22.4 Å². The molecule has 21 heavy (non-hydrogen) atoms. The Labute approximate surface area is 123 Å². The Morgan fingerprint density at radius 1 is 1.29 bits per heavy atom. The summed E-state index contributed by atoms with van der Waals surface area (Å²) >= 11 is 10.8. The molecule has 0 spiro atoms. The average Bonchev–Trinajstić information content (AvgIpc) is 2.37. The van der Waals surface area contributed by atoms with E-state index in [2.05, 4.69) is 14.8 Å². The maximum Gasteiger partial charge on any atom is 0.418 e. The Bertz CT molecular complexity index is 748. The van der Waals surface area contributed by atoms with Crippen LogP contribution in [0.4, 0.5) is 17.6 Å². The van der Waals surface area contributed by atoms with Gasteiger partial charge in [0.25, 0.3) is 5.88 Å². The van der Waals surface area contributed by atoms with E-state index >= 15 is 0 Å². The number of nitrogens with zero attached hydrogens (tertiary/aromatic N) is 3. The molecule has 0 aliphatic carbocycles. The smallest absolute Gasteiger partial charge is 0.348 e. The highest BCUT2D eigenvalue weighted by Gasteiger charge is 2.32. The number of rotatable bonds is 2. The SMILES string of the molecule is O=c1c(Cl)cc(C(F)(F)F)cn1Oc1nc(Cl)ncc1F. The van der Waals surface area contributed by atoms with Crippen LogP contribution >= 0.6 is 23.2 Å². The summed E-state index contributed by atoms with van der Waals surface area (Å²) in [6, 6.07) is 0.424. The van der Waals surface area contributed by atoms with Gasteiger partial charge in [-0.3, -0.25) is 4.79 Å². The number of hydrogen-bond acceptors (Lipinski definition) is 4. The van der Waals surface area contributed by atoms with E-state index in [1.165, 1.54) is 0 Å². The van der Waals surface area contributed by atoms with E-state index in [1.807, 2.05) is 0 Å². The maximum atomic E-state index is 13.3. The second-order valence-corrected chi connectivity index (χ2v) is 4.33. The standard InChI is InChI=1S/C10H3Cl2F4N3O2/c11-5-1-4(10(14,15)16)3-19(8(5)20)21-7-6(13)2-17-9(12)18-7/h1-3H. The molecule has 0 saturated carbocycles. The Morgan fingerprint density at radius 2 is 1.95 bits per heavy atom. The lowest BCUT2D eigenvalue weighted by Gasteiger charge is -2.11. The summed E-state index contributed by atoms with van der Waals surface area (Å²) in [7, 11) is 0. The number of pyridine rings is 1. The minimum atomic E-state index is -4.77. The predicted octanol–water partition coefficient (Wildman–Crippen LogP) is 2.95. The normalized spacial score (nSPS) is 11.5. The molecule has 0 aliphatic rings. The lowest BCUT2D eigenvalue weighted by molar-refractivity contribution is -0.138. The first-order chi connectivity index (χ1) is 9.68. The molecule has 0 atom stereocenters. The Morgan fingerprint density at radius 3 is 2.57 bits per heavy atom. The minimum Gasteiger partial charge on any atom is -0.348 e. The zero-order valence-electron chi connectivity index (χ0n) is 9.66. The fourth-order valence-corrected chi connectivity index (χ4v) is 1.56. The van der Waals surface area contributed by atoms with Crippen molar-refractivity contribution in [3.63, 3.8) is 0 Å². The summed E-state index contributed by atoms with van der Waals surface area (Å²) < 4.78 is 51.3. The first-order valence-corrected chi connectivity index (χ1v) is 5.80. The maximum absolute atomic E-state index is 13.3. The van der Waals surface area contributed by atoms with Crippen LogP contribution in [0.1, 0.15) is 5.56 Å². The summed E-state index contributed by atoms with van der Waals surface area (Å²) in [6.45, 7) is 0. The van der Waals surface area contributed by atoms with Crippen LogP contribution < -0.4 is 10.4 Å². The van der Waals surface area contributed by atoms with Crippen LogP contribution in [0.25, 0.3) is 0 Å². The third-order valence-corrected chi connectivity index (χ3v) is 2.59. The topological polar surface area (TPSA) is 57.0 Å². The summed E-state index contributed by atoms with van der Waals surface area (Å²) in [6.07, 6.45) is -3.83. The molecule has 2 rings (SSSR count). The number of hydrogen-bond donors (Lipinski definition) is 0. The van der Waals surface area contributed by atoms with Crippen LogP contribution in [0.3, 0.4) is 0 Å². The van der Waals surface area contributed by atoms with Crippen molar-refractivity contribution in [2.24, 2.45) is 0 Å². The van der Waals surface area contributed by atoms with Gasteiger partial charge >= 0.3 is 11.7 Å². The van der Waals surface area contributed by atoms with Gasteiger partial charge in [-0.05, 0) is 17.7 Å². The molecule has 0 fully saturated rings. The van der Waals surface area contributed by atoms with Crippen molar-refractivity contribution in [1.29, 1.82) is 0 Å². The van der Waals surface area contributed by atoms with Gasteiger partial charge in [0, 0.05) is 0 Å². The van der Waals surface area contributed by atoms with Crippen molar-refractivity contribution < 1.29 is 22.4 Å². The Hall–Kier alpha value is -1.87. The van der Waals surface area contributed by atoms with Crippen molar-refractivity contribution in [1.82, 2.24) is 14.7 Å². The van der Waals surface area contributed by atoms with E-state index in [1.54, 1.807) is 0 Å². The molecule has 2 heterocycles. The van der Waals surface area contributed by atoms with Gasteiger partial charge in [-0.25, -0.2) is 4.98 Å². The third-order valence-electron chi connectivity index (χ3n) is 2.14. The number of halogens is 6. The zero-order valence-corrected chi connectivity index (χ0v) is 11.2. The first-order valence-electron chi connectivity index (χ1n) is 5.04.